The second kappa shape index (κ2) is 4.35. The van der Waals surface area contributed by atoms with Crippen LogP contribution in [0.2, 0.25) is 0 Å². The Bertz CT molecular complexity index is 729. The molecule has 5 nitrogen and oxygen atoms in total. The second-order valence-corrected chi connectivity index (χ2v) is 4.07. The first kappa shape index (κ1) is 11.1. The van der Waals surface area contributed by atoms with Crippen LogP contribution in [-0.2, 0) is 0 Å². The normalized spacial score (nSPS) is 10.3. The zero-order valence-corrected chi connectivity index (χ0v) is 10.1. The van der Waals surface area contributed by atoms with Crippen molar-refractivity contribution < 1.29 is 0 Å². The third-order valence-corrected chi connectivity index (χ3v) is 2.92. The zero-order chi connectivity index (χ0) is 13.2. The van der Waals surface area contributed by atoms with Crippen molar-refractivity contribution in [2.45, 2.75) is 0 Å². The molecule has 0 aliphatic rings. The van der Waals surface area contributed by atoms with E-state index >= 15 is 0 Å². The smallest absolute Gasteiger partial charge is 0.145 e. The molecule has 0 bridgehead atoms. The molecule has 0 unspecified atom stereocenters. The lowest BCUT2D eigenvalue weighted by Crippen LogP contribution is -2.02. The number of nitriles is 1. The Morgan fingerprint density at radius 1 is 1.05 bits per heavy atom. The molecule has 3 rings (SSSR count). The maximum absolute atomic E-state index is 8.86. The van der Waals surface area contributed by atoms with Crippen LogP contribution in [0.5, 0.6) is 0 Å². The molecule has 0 spiro atoms. The van der Waals surface area contributed by atoms with Crippen LogP contribution in [0, 0.1) is 11.3 Å². The van der Waals surface area contributed by atoms with Crippen molar-refractivity contribution in [2.75, 3.05) is 5.73 Å². The van der Waals surface area contributed by atoms with Gasteiger partial charge in [-0.15, -0.1) is 0 Å². The highest BCUT2D eigenvalue weighted by Crippen LogP contribution is 2.18. The monoisotopic (exact) mass is 249 g/mol. The van der Waals surface area contributed by atoms with Crippen LogP contribution >= 0.6 is 0 Å². The number of anilines is 1. The lowest BCUT2D eigenvalue weighted by Gasteiger charge is -2.06. The molecule has 0 saturated heterocycles. The molecule has 0 amide bonds. The predicted molar refractivity (Wildman–Crippen MR) is 72.0 cm³/mol. The van der Waals surface area contributed by atoms with Gasteiger partial charge in [0.2, 0.25) is 0 Å². The fourth-order valence-corrected chi connectivity index (χ4v) is 1.92. The summed E-state index contributed by atoms with van der Waals surface area (Å²) >= 11 is 0. The molecule has 0 aliphatic heterocycles. The molecular formula is C14H11N5. The first-order valence-electron chi connectivity index (χ1n) is 5.77. The molecule has 3 aromatic rings. The van der Waals surface area contributed by atoms with Crippen molar-refractivity contribution in [3.63, 3.8) is 0 Å². The van der Waals surface area contributed by atoms with Gasteiger partial charge in [-0.2, -0.15) is 10.4 Å². The Hall–Kier alpha value is -3.00. The summed E-state index contributed by atoms with van der Waals surface area (Å²) in [5.41, 5.74) is 8.12. The average molecular weight is 249 g/mol. The van der Waals surface area contributed by atoms with Crippen molar-refractivity contribution in [1.82, 2.24) is 14.3 Å². The molecule has 0 radical (unpaired) electrons. The molecule has 92 valence electrons. The van der Waals surface area contributed by atoms with Crippen LogP contribution in [-0.4, -0.2) is 14.3 Å². The van der Waals surface area contributed by atoms with Gasteiger partial charge in [-0.1, -0.05) is 0 Å². The minimum Gasteiger partial charge on any atom is -0.382 e. The summed E-state index contributed by atoms with van der Waals surface area (Å²) in [7, 11) is 0. The van der Waals surface area contributed by atoms with E-state index in [1.54, 1.807) is 4.68 Å². The van der Waals surface area contributed by atoms with Gasteiger partial charge < -0.3 is 10.3 Å². The third-order valence-electron chi connectivity index (χ3n) is 2.92. The first-order valence-corrected chi connectivity index (χ1v) is 5.77. The fourth-order valence-electron chi connectivity index (χ4n) is 1.92. The van der Waals surface area contributed by atoms with E-state index in [4.69, 9.17) is 11.0 Å². The molecule has 2 aromatic heterocycles. The van der Waals surface area contributed by atoms with E-state index in [2.05, 4.69) is 5.10 Å². The summed E-state index contributed by atoms with van der Waals surface area (Å²) in [6.45, 7) is 0. The van der Waals surface area contributed by atoms with Gasteiger partial charge in [-0.3, -0.25) is 0 Å². The predicted octanol–water partition coefficient (Wildman–Crippen LogP) is 2.12. The quantitative estimate of drug-likeness (QED) is 0.756. The highest BCUT2D eigenvalue weighted by atomic mass is 15.3. The molecule has 0 atom stereocenters. The molecule has 0 saturated carbocycles. The zero-order valence-electron chi connectivity index (χ0n) is 10.1. The van der Waals surface area contributed by atoms with Crippen LogP contribution in [0.25, 0.3) is 11.4 Å². The van der Waals surface area contributed by atoms with Gasteiger partial charge in [0.1, 0.15) is 17.5 Å². The van der Waals surface area contributed by atoms with Gasteiger partial charge in [-0.25, -0.2) is 4.68 Å². The van der Waals surface area contributed by atoms with E-state index in [1.807, 2.05) is 59.4 Å². The van der Waals surface area contributed by atoms with E-state index in [9.17, 15) is 0 Å². The van der Waals surface area contributed by atoms with Gasteiger partial charge >= 0.3 is 0 Å². The lowest BCUT2D eigenvalue weighted by molar-refractivity contribution is 0.890. The molecule has 1 aromatic carbocycles. The Morgan fingerprint density at radius 3 is 2.26 bits per heavy atom. The van der Waals surface area contributed by atoms with E-state index in [0.717, 1.165) is 11.4 Å². The molecule has 2 heterocycles. The number of nitrogens with two attached hydrogens (primary N) is 1. The van der Waals surface area contributed by atoms with E-state index in [1.165, 1.54) is 6.20 Å². The maximum atomic E-state index is 8.86. The van der Waals surface area contributed by atoms with Crippen LogP contribution in [0.1, 0.15) is 5.56 Å². The standard InChI is InChI=1S/C14H11N5/c15-9-11-10-17-19(14(11)16)13-5-3-12(4-6-13)18-7-1-2-8-18/h1-8,10H,16H2. The Labute approximate surface area is 110 Å². The number of rotatable bonds is 2. The average Bonchev–Trinajstić information content (AvgIpc) is 3.08. The van der Waals surface area contributed by atoms with Crippen molar-refractivity contribution >= 4 is 5.82 Å². The summed E-state index contributed by atoms with van der Waals surface area (Å²) < 4.78 is 3.56. The summed E-state index contributed by atoms with van der Waals surface area (Å²) in [6.07, 6.45) is 5.42. The topological polar surface area (TPSA) is 72.6 Å². The number of nitrogen functional groups attached to an aromatic ring is 1. The van der Waals surface area contributed by atoms with Crippen LogP contribution in [0.3, 0.4) is 0 Å². The third kappa shape index (κ3) is 1.85. The number of nitrogens with zero attached hydrogens (tertiary/aromatic N) is 4. The first-order chi connectivity index (χ1) is 9.29. The second-order valence-electron chi connectivity index (χ2n) is 4.07. The van der Waals surface area contributed by atoms with E-state index in [-0.39, 0.29) is 0 Å². The van der Waals surface area contributed by atoms with Gasteiger partial charge in [0.25, 0.3) is 0 Å². The Kier molecular flexibility index (Phi) is 2.54. The fraction of sp³-hybridized carbons (Fsp3) is 0. The molecular weight excluding hydrogens is 238 g/mol. The van der Waals surface area contributed by atoms with Crippen molar-refractivity contribution in [3.8, 4) is 17.4 Å². The lowest BCUT2D eigenvalue weighted by atomic mass is 10.2. The van der Waals surface area contributed by atoms with E-state index < -0.39 is 0 Å². The molecule has 5 heteroatoms. The number of hydrogen-bond acceptors (Lipinski definition) is 3. The Morgan fingerprint density at radius 2 is 1.68 bits per heavy atom. The van der Waals surface area contributed by atoms with Gasteiger partial charge in [0.15, 0.2) is 0 Å². The minimum atomic E-state index is 0.358. The SMILES string of the molecule is N#Cc1cnn(-c2ccc(-n3cccc3)cc2)c1N. The van der Waals surface area contributed by atoms with Gasteiger partial charge in [-0.05, 0) is 36.4 Å². The van der Waals surface area contributed by atoms with Gasteiger partial charge in [0, 0.05) is 18.1 Å². The molecule has 0 aliphatic carbocycles. The van der Waals surface area contributed by atoms with Crippen LogP contribution in [0.15, 0.2) is 55.0 Å². The van der Waals surface area contributed by atoms with Crippen molar-refractivity contribution in [3.05, 3.63) is 60.6 Å². The van der Waals surface area contributed by atoms with Gasteiger partial charge in [0.05, 0.1) is 11.9 Å². The summed E-state index contributed by atoms with van der Waals surface area (Å²) in [5, 5.41) is 13.0. The van der Waals surface area contributed by atoms with Crippen molar-refractivity contribution in [2.24, 2.45) is 0 Å². The molecule has 2 N–H and O–H groups in total. The van der Waals surface area contributed by atoms with Crippen molar-refractivity contribution in [1.29, 1.82) is 5.26 Å². The number of hydrogen-bond donors (Lipinski definition) is 1. The highest BCUT2D eigenvalue weighted by Gasteiger charge is 2.08. The van der Waals surface area contributed by atoms with E-state index in [0.29, 0.717) is 11.4 Å². The number of benzene rings is 1. The summed E-state index contributed by atoms with van der Waals surface area (Å²) in [6, 6.07) is 13.7. The minimum absolute atomic E-state index is 0.358. The molecule has 0 fully saturated rings. The van der Waals surface area contributed by atoms with Crippen LogP contribution in [0.4, 0.5) is 5.82 Å². The highest BCUT2D eigenvalue weighted by molar-refractivity contribution is 5.53. The summed E-state index contributed by atoms with van der Waals surface area (Å²) in [5.74, 6) is 0.358. The number of aromatic nitrogens is 3. The summed E-state index contributed by atoms with van der Waals surface area (Å²) in [4.78, 5) is 0. The molecule has 19 heavy (non-hydrogen) atoms. The maximum Gasteiger partial charge on any atom is 0.145 e. The Balaban J connectivity index is 1.99. The van der Waals surface area contributed by atoms with Crippen LogP contribution < -0.4 is 5.73 Å². The largest absolute Gasteiger partial charge is 0.382 e.